The number of piperazine rings is 1. The Kier molecular flexibility index (Phi) is 5.58. The van der Waals surface area contributed by atoms with Crippen LogP contribution >= 0.6 is 0 Å². The van der Waals surface area contributed by atoms with Crippen molar-refractivity contribution in [2.24, 2.45) is 5.92 Å². The molecule has 1 atom stereocenters. The van der Waals surface area contributed by atoms with E-state index in [1.54, 1.807) is 0 Å². The van der Waals surface area contributed by atoms with Gasteiger partial charge in [-0.15, -0.1) is 5.10 Å². The quantitative estimate of drug-likeness (QED) is 0.737. The number of carbonyl (C=O) groups excluding carboxylic acids is 2. The lowest BCUT2D eigenvalue weighted by molar-refractivity contribution is -0.147. The van der Waals surface area contributed by atoms with Crippen LogP contribution in [0.2, 0.25) is 0 Å². The Bertz CT molecular complexity index is 794. The Labute approximate surface area is 177 Å². The Morgan fingerprint density at radius 2 is 1.60 bits per heavy atom. The molecule has 1 aromatic heterocycles. The van der Waals surface area contributed by atoms with Crippen molar-refractivity contribution in [2.45, 2.75) is 51.0 Å². The molecular formula is C22H31N5O3. The Morgan fingerprint density at radius 3 is 2.30 bits per heavy atom. The second kappa shape index (κ2) is 8.49. The molecule has 2 amide bonds. The first-order valence-electron chi connectivity index (χ1n) is 11.5. The van der Waals surface area contributed by atoms with Gasteiger partial charge in [-0.1, -0.05) is 0 Å². The molecule has 4 heterocycles. The van der Waals surface area contributed by atoms with Crippen molar-refractivity contribution >= 4 is 17.6 Å². The highest BCUT2D eigenvalue weighted by Crippen LogP contribution is 2.27. The molecule has 1 aromatic rings. The number of aromatic nitrogens is 2. The zero-order valence-electron chi connectivity index (χ0n) is 17.6. The predicted molar refractivity (Wildman–Crippen MR) is 111 cm³/mol. The zero-order valence-corrected chi connectivity index (χ0v) is 17.6. The Balaban J connectivity index is 1.11. The number of amides is 2. The van der Waals surface area contributed by atoms with Crippen LogP contribution in [0.1, 0.15) is 43.4 Å². The number of hydrogen-bond donors (Lipinski definition) is 0. The second-order valence-electron chi connectivity index (χ2n) is 8.94. The fraction of sp³-hybridized carbons (Fsp3) is 0.727. The minimum Gasteiger partial charge on any atom is -0.368 e. The van der Waals surface area contributed by atoms with Gasteiger partial charge in [-0.25, -0.2) is 0 Å². The molecular weight excluding hydrogens is 382 g/mol. The molecule has 4 aliphatic rings. The molecule has 0 N–H and O–H groups in total. The fourth-order valence-electron chi connectivity index (χ4n) is 5.21. The normalized spacial score (nSPS) is 24.9. The van der Waals surface area contributed by atoms with E-state index in [9.17, 15) is 9.59 Å². The SMILES string of the molecule is O=C(C1CCN(c2cc3c(nn2)CCC3)CC1)N1CCN(C(=O)[C@H]2CCCO2)CC1. The number of hydrogen-bond acceptors (Lipinski definition) is 6. The van der Waals surface area contributed by atoms with E-state index in [1.807, 2.05) is 9.80 Å². The van der Waals surface area contributed by atoms with Crippen LogP contribution in [0.3, 0.4) is 0 Å². The summed E-state index contributed by atoms with van der Waals surface area (Å²) in [6, 6.07) is 2.20. The smallest absolute Gasteiger partial charge is 0.251 e. The van der Waals surface area contributed by atoms with E-state index in [-0.39, 0.29) is 23.8 Å². The van der Waals surface area contributed by atoms with E-state index in [1.165, 1.54) is 12.0 Å². The summed E-state index contributed by atoms with van der Waals surface area (Å²) in [7, 11) is 0. The molecule has 3 aliphatic heterocycles. The molecule has 0 radical (unpaired) electrons. The Morgan fingerprint density at radius 1 is 0.867 bits per heavy atom. The van der Waals surface area contributed by atoms with Crippen LogP contribution in [-0.2, 0) is 27.2 Å². The van der Waals surface area contributed by atoms with Crippen molar-refractivity contribution in [1.82, 2.24) is 20.0 Å². The van der Waals surface area contributed by atoms with Crippen LogP contribution in [0.15, 0.2) is 6.07 Å². The van der Waals surface area contributed by atoms with Gasteiger partial charge in [0.1, 0.15) is 6.10 Å². The molecule has 0 aromatic carbocycles. The number of fused-ring (bicyclic) bond motifs is 1. The van der Waals surface area contributed by atoms with Gasteiger partial charge in [0.25, 0.3) is 5.91 Å². The molecule has 3 saturated heterocycles. The summed E-state index contributed by atoms with van der Waals surface area (Å²) in [5, 5.41) is 8.83. The fourth-order valence-corrected chi connectivity index (χ4v) is 5.21. The van der Waals surface area contributed by atoms with Crippen LogP contribution in [0.4, 0.5) is 5.82 Å². The molecule has 5 rings (SSSR count). The summed E-state index contributed by atoms with van der Waals surface area (Å²) in [6.07, 6.45) is 6.56. The van der Waals surface area contributed by atoms with Crippen LogP contribution in [0, 0.1) is 5.92 Å². The largest absolute Gasteiger partial charge is 0.368 e. The van der Waals surface area contributed by atoms with Crippen molar-refractivity contribution in [3.05, 3.63) is 17.3 Å². The highest BCUT2D eigenvalue weighted by molar-refractivity contribution is 5.82. The molecule has 0 spiro atoms. The van der Waals surface area contributed by atoms with Gasteiger partial charge in [-0.2, -0.15) is 5.10 Å². The number of ether oxygens (including phenoxy) is 1. The maximum atomic E-state index is 13.0. The third-order valence-corrected chi connectivity index (χ3v) is 7.08. The summed E-state index contributed by atoms with van der Waals surface area (Å²) in [5.41, 5.74) is 2.49. The number of piperidine rings is 1. The van der Waals surface area contributed by atoms with Crippen molar-refractivity contribution < 1.29 is 14.3 Å². The van der Waals surface area contributed by atoms with Crippen LogP contribution in [-0.4, -0.2) is 83.8 Å². The average molecular weight is 414 g/mol. The number of nitrogens with zero attached hydrogens (tertiary/aromatic N) is 5. The van der Waals surface area contributed by atoms with E-state index in [2.05, 4.69) is 21.2 Å². The van der Waals surface area contributed by atoms with Gasteiger partial charge >= 0.3 is 0 Å². The van der Waals surface area contributed by atoms with Gasteiger partial charge in [0.05, 0.1) is 5.69 Å². The van der Waals surface area contributed by atoms with Gasteiger partial charge in [-0.05, 0) is 56.6 Å². The first-order chi connectivity index (χ1) is 14.7. The van der Waals surface area contributed by atoms with Crippen molar-refractivity contribution in [3.8, 4) is 0 Å². The van der Waals surface area contributed by atoms with E-state index < -0.39 is 0 Å². The number of aryl methyl sites for hydroxylation is 2. The van der Waals surface area contributed by atoms with E-state index in [4.69, 9.17) is 4.74 Å². The molecule has 0 saturated carbocycles. The van der Waals surface area contributed by atoms with Gasteiger partial charge in [0.2, 0.25) is 5.91 Å². The molecule has 0 bridgehead atoms. The zero-order chi connectivity index (χ0) is 20.5. The molecule has 3 fully saturated rings. The third kappa shape index (κ3) is 3.89. The number of anilines is 1. The standard InChI is InChI=1S/C22H31N5O3/c28-21(26-10-12-27(13-11-26)22(29)19-5-2-14-30-19)16-6-8-25(9-7-16)20-15-17-3-1-4-18(17)23-24-20/h15-16,19H,1-14H2/t19-/m1/s1. The Hall–Kier alpha value is -2.22. The predicted octanol–water partition coefficient (Wildman–Crippen LogP) is 1.03. The minimum absolute atomic E-state index is 0.0732. The number of carbonyl (C=O) groups is 2. The van der Waals surface area contributed by atoms with Crippen molar-refractivity contribution in [3.63, 3.8) is 0 Å². The molecule has 1 aliphatic carbocycles. The molecule has 0 unspecified atom stereocenters. The van der Waals surface area contributed by atoms with Crippen LogP contribution in [0.25, 0.3) is 0 Å². The van der Waals surface area contributed by atoms with Crippen LogP contribution in [0.5, 0.6) is 0 Å². The molecule has 8 nitrogen and oxygen atoms in total. The average Bonchev–Trinajstić information content (AvgIpc) is 3.50. The summed E-state index contributed by atoms with van der Waals surface area (Å²) >= 11 is 0. The lowest BCUT2D eigenvalue weighted by Crippen LogP contribution is -2.54. The van der Waals surface area contributed by atoms with Crippen LogP contribution < -0.4 is 4.90 Å². The highest BCUT2D eigenvalue weighted by atomic mass is 16.5. The van der Waals surface area contributed by atoms with Gasteiger partial charge in [0.15, 0.2) is 5.82 Å². The van der Waals surface area contributed by atoms with Crippen molar-refractivity contribution in [2.75, 3.05) is 50.8 Å². The van der Waals surface area contributed by atoms with Gasteiger partial charge < -0.3 is 19.4 Å². The lowest BCUT2D eigenvalue weighted by Gasteiger charge is -2.39. The van der Waals surface area contributed by atoms with E-state index >= 15 is 0 Å². The topological polar surface area (TPSA) is 78.9 Å². The summed E-state index contributed by atoms with van der Waals surface area (Å²) in [6.45, 7) is 4.89. The highest BCUT2D eigenvalue weighted by Gasteiger charge is 2.34. The van der Waals surface area contributed by atoms with Gasteiger partial charge in [-0.3, -0.25) is 9.59 Å². The maximum Gasteiger partial charge on any atom is 0.251 e. The summed E-state index contributed by atoms with van der Waals surface area (Å²) in [5.74, 6) is 1.38. The summed E-state index contributed by atoms with van der Waals surface area (Å²) < 4.78 is 5.52. The van der Waals surface area contributed by atoms with E-state index in [0.717, 1.165) is 63.1 Å². The second-order valence-corrected chi connectivity index (χ2v) is 8.94. The lowest BCUT2D eigenvalue weighted by atomic mass is 9.95. The maximum absolute atomic E-state index is 13.0. The third-order valence-electron chi connectivity index (χ3n) is 7.08. The van der Waals surface area contributed by atoms with Crippen molar-refractivity contribution in [1.29, 1.82) is 0 Å². The molecule has 162 valence electrons. The first-order valence-corrected chi connectivity index (χ1v) is 11.5. The van der Waals surface area contributed by atoms with Gasteiger partial charge in [0, 0.05) is 51.8 Å². The number of rotatable bonds is 3. The molecule has 8 heteroatoms. The minimum atomic E-state index is -0.265. The monoisotopic (exact) mass is 413 g/mol. The van der Waals surface area contributed by atoms with E-state index in [0.29, 0.717) is 32.8 Å². The summed E-state index contributed by atoms with van der Waals surface area (Å²) in [4.78, 5) is 31.6. The molecule has 30 heavy (non-hydrogen) atoms. The first kappa shape index (κ1) is 19.7.